The molecule has 7 heteroatoms. The summed E-state index contributed by atoms with van der Waals surface area (Å²) in [4.78, 5) is 12.1. The van der Waals surface area contributed by atoms with Gasteiger partial charge in [0.15, 0.2) is 0 Å². The highest BCUT2D eigenvalue weighted by Gasteiger charge is 2.07. The minimum atomic E-state index is -0.167. The van der Waals surface area contributed by atoms with Crippen molar-refractivity contribution in [1.29, 1.82) is 0 Å². The number of hydrogen-bond acceptors (Lipinski definition) is 4. The Bertz CT molecular complexity index is 911. The van der Waals surface area contributed by atoms with Crippen LogP contribution in [-0.2, 0) is 11.2 Å². The first kappa shape index (κ1) is 19.7. The van der Waals surface area contributed by atoms with E-state index in [9.17, 15) is 4.79 Å². The molecule has 0 aliphatic rings. The quantitative estimate of drug-likeness (QED) is 0.519. The third-order valence-electron chi connectivity index (χ3n) is 3.80. The lowest BCUT2D eigenvalue weighted by molar-refractivity contribution is -0.113. The van der Waals surface area contributed by atoms with Crippen LogP contribution in [0.3, 0.4) is 0 Å². The number of aryl methyl sites for hydroxylation is 1. The van der Waals surface area contributed by atoms with Crippen LogP contribution in [0.25, 0.3) is 11.3 Å². The fourth-order valence-corrected chi connectivity index (χ4v) is 3.56. The molecule has 0 aliphatic heterocycles. The molecule has 1 heterocycles. The Balaban J connectivity index is 1.57. The first-order valence-corrected chi connectivity index (χ1v) is 10.1. The minimum Gasteiger partial charge on any atom is -0.325 e. The van der Waals surface area contributed by atoms with Crippen molar-refractivity contribution in [2.24, 2.45) is 0 Å². The maximum Gasteiger partial charge on any atom is 0.234 e. The van der Waals surface area contributed by atoms with Gasteiger partial charge in [-0.05, 0) is 42.3 Å². The summed E-state index contributed by atoms with van der Waals surface area (Å²) in [5, 5.41) is 12.8. The Kier molecular flexibility index (Phi) is 6.72. The molecule has 2 aromatic carbocycles. The Hall–Kier alpha value is -2.08. The predicted octanol–water partition coefficient (Wildman–Crippen LogP) is 5.74. The molecule has 0 spiro atoms. The van der Waals surface area contributed by atoms with Crippen LogP contribution in [0.4, 0.5) is 5.69 Å². The number of halogens is 2. The highest BCUT2D eigenvalue weighted by Crippen LogP contribution is 2.24. The molecule has 0 saturated carbocycles. The first-order chi connectivity index (χ1) is 13.0. The number of carbonyl (C=O) groups excluding carboxylic acids is 1. The van der Waals surface area contributed by atoms with Gasteiger partial charge in [0.25, 0.3) is 0 Å². The normalized spacial score (nSPS) is 10.6. The summed E-state index contributed by atoms with van der Waals surface area (Å²) in [6, 6.07) is 16.9. The zero-order chi connectivity index (χ0) is 19.2. The standard InChI is InChI=1S/C20H17Cl2N3OS/c1-2-13-3-5-14(6-4-13)18-7-8-20(25-24-18)27-12-19(26)23-17-10-15(21)9-16(22)11-17/h3-11H,2,12H2,1H3,(H,23,26). The summed E-state index contributed by atoms with van der Waals surface area (Å²) in [5.41, 5.74) is 3.67. The van der Waals surface area contributed by atoms with Crippen LogP contribution in [0.15, 0.2) is 59.6 Å². The van der Waals surface area contributed by atoms with Crippen LogP contribution in [0.1, 0.15) is 12.5 Å². The molecule has 3 rings (SSSR count). The third-order valence-corrected chi connectivity index (χ3v) is 5.15. The molecule has 1 N–H and O–H groups in total. The molecule has 27 heavy (non-hydrogen) atoms. The number of nitrogens with zero attached hydrogens (tertiary/aromatic N) is 2. The largest absolute Gasteiger partial charge is 0.325 e. The lowest BCUT2D eigenvalue weighted by Gasteiger charge is -2.06. The van der Waals surface area contributed by atoms with Crippen molar-refractivity contribution < 1.29 is 4.79 Å². The second-order valence-corrected chi connectivity index (χ2v) is 7.67. The molecule has 0 bridgehead atoms. The summed E-state index contributed by atoms with van der Waals surface area (Å²) < 4.78 is 0. The fraction of sp³-hybridized carbons (Fsp3) is 0.150. The van der Waals surface area contributed by atoms with E-state index >= 15 is 0 Å². The van der Waals surface area contributed by atoms with Gasteiger partial charge in [-0.3, -0.25) is 4.79 Å². The van der Waals surface area contributed by atoms with Crippen LogP contribution in [0, 0.1) is 0 Å². The number of aromatic nitrogens is 2. The molecule has 4 nitrogen and oxygen atoms in total. The van der Waals surface area contributed by atoms with Crippen molar-refractivity contribution in [2.75, 3.05) is 11.1 Å². The van der Waals surface area contributed by atoms with E-state index in [1.54, 1.807) is 18.2 Å². The second kappa shape index (κ2) is 9.22. The zero-order valence-electron chi connectivity index (χ0n) is 14.6. The lowest BCUT2D eigenvalue weighted by atomic mass is 10.1. The van der Waals surface area contributed by atoms with Gasteiger partial charge in [0, 0.05) is 21.3 Å². The van der Waals surface area contributed by atoms with Crippen molar-refractivity contribution >= 4 is 46.6 Å². The van der Waals surface area contributed by atoms with E-state index in [0.29, 0.717) is 20.8 Å². The molecule has 0 aliphatic carbocycles. The Labute approximate surface area is 172 Å². The van der Waals surface area contributed by atoms with E-state index in [4.69, 9.17) is 23.2 Å². The van der Waals surface area contributed by atoms with Crippen LogP contribution in [0.2, 0.25) is 10.0 Å². The highest BCUT2D eigenvalue weighted by atomic mass is 35.5. The smallest absolute Gasteiger partial charge is 0.234 e. The first-order valence-electron chi connectivity index (χ1n) is 8.35. The van der Waals surface area contributed by atoms with Crippen molar-refractivity contribution in [3.63, 3.8) is 0 Å². The van der Waals surface area contributed by atoms with Gasteiger partial charge < -0.3 is 5.32 Å². The number of amides is 1. The molecule has 0 atom stereocenters. The molecule has 0 saturated heterocycles. The molecule has 0 radical (unpaired) electrons. The van der Waals surface area contributed by atoms with Crippen molar-refractivity contribution in [1.82, 2.24) is 10.2 Å². The number of carbonyl (C=O) groups is 1. The number of rotatable bonds is 6. The van der Waals surface area contributed by atoms with Gasteiger partial charge in [-0.25, -0.2) is 0 Å². The summed E-state index contributed by atoms with van der Waals surface area (Å²) in [6.07, 6.45) is 1.00. The van der Waals surface area contributed by atoms with Gasteiger partial charge in [-0.15, -0.1) is 10.2 Å². The molecule has 138 valence electrons. The number of hydrogen-bond donors (Lipinski definition) is 1. The van der Waals surface area contributed by atoms with Gasteiger partial charge in [0.1, 0.15) is 5.03 Å². The number of anilines is 1. The summed E-state index contributed by atoms with van der Waals surface area (Å²) in [7, 11) is 0. The van der Waals surface area contributed by atoms with Gasteiger partial charge >= 0.3 is 0 Å². The SMILES string of the molecule is CCc1ccc(-c2ccc(SCC(=O)Nc3cc(Cl)cc(Cl)c3)nn2)cc1. The van der Waals surface area contributed by atoms with E-state index in [-0.39, 0.29) is 11.7 Å². The van der Waals surface area contributed by atoms with Gasteiger partial charge in [0.05, 0.1) is 11.4 Å². The van der Waals surface area contributed by atoms with Crippen LogP contribution < -0.4 is 5.32 Å². The van der Waals surface area contributed by atoms with E-state index in [0.717, 1.165) is 17.7 Å². The molecule has 0 fully saturated rings. The monoisotopic (exact) mass is 417 g/mol. The predicted molar refractivity (Wildman–Crippen MR) is 113 cm³/mol. The van der Waals surface area contributed by atoms with Crippen molar-refractivity contribution in [3.8, 4) is 11.3 Å². The van der Waals surface area contributed by atoms with E-state index in [1.165, 1.54) is 17.3 Å². The van der Waals surface area contributed by atoms with Crippen LogP contribution >= 0.6 is 35.0 Å². The number of thioether (sulfide) groups is 1. The van der Waals surface area contributed by atoms with Crippen LogP contribution in [-0.4, -0.2) is 21.9 Å². The fourth-order valence-electron chi connectivity index (χ4n) is 2.42. The average molecular weight is 418 g/mol. The average Bonchev–Trinajstić information content (AvgIpc) is 2.66. The Morgan fingerprint density at radius 3 is 2.30 bits per heavy atom. The zero-order valence-corrected chi connectivity index (χ0v) is 16.9. The van der Waals surface area contributed by atoms with Crippen molar-refractivity contribution in [3.05, 3.63) is 70.2 Å². The maximum atomic E-state index is 12.1. The van der Waals surface area contributed by atoms with E-state index in [2.05, 4.69) is 34.6 Å². The number of nitrogens with one attached hydrogen (secondary N) is 1. The third kappa shape index (κ3) is 5.70. The molecule has 1 aromatic heterocycles. The van der Waals surface area contributed by atoms with E-state index < -0.39 is 0 Å². The van der Waals surface area contributed by atoms with Gasteiger partial charge in [-0.1, -0.05) is 66.2 Å². The Morgan fingerprint density at radius 2 is 1.70 bits per heavy atom. The lowest BCUT2D eigenvalue weighted by Crippen LogP contribution is -2.14. The molecular weight excluding hydrogens is 401 g/mol. The van der Waals surface area contributed by atoms with Crippen molar-refractivity contribution in [2.45, 2.75) is 18.4 Å². The Morgan fingerprint density at radius 1 is 1.00 bits per heavy atom. The summed E-state index contributed by atoms with van der Waals surface area (Å²) in [6.45, 7) is 2.12. The molecule has 1 amide bonds. The second-order valence-electron chi connectivity index (χ2n) is 5.80. The van der Waals surface area contributed by atoms with Crippen LogP contribution in [0.5, 0.6) is 0 Å². The topological polar surface area (TPSA) is 54.9 Å². The maximum absolute atomic E-state index is 12.1. The summed E-state index contributed by atoms with van der Waals surface area (Å²) in [5.74, 6) is 0.0444. The molecule has 0 unspecified atom stereocenters. The minimum absolute atomic E-state index is 0.167. The highest BCUT2D eigenvalue weighted by molar-refractivity contribution is 7.99. The van der Waals surface area contributed by atoms with Gasteiger partial charge in [-0.2, -0.15) is 0 Å². The summed E-state index contributed by atoms with van der Waals surface area (Å²) >= 11 is 13.2. The number of benzene rings is 2. The molecule has 3 aromatic rings. The van der Waals surface area contributed by atoms with E-state index in [1.807, 2.05) is 24.3 Å². The van der Waals surface area contributed by atoms with Gasteiger partial charge in [0.2, 0.25) is 5.91 Å². The molecular formula is C20H17Cl2N3OS.